The van der Waals surface area contributed by atoms with Crippen molar-refractivity contribution in [3.63, 3.8) is 0 Å². The van der Waals surface area contributed by atoms with Gasteiger partial charge in [0, 0.05) is 16.6 Å². The molecule has 0 bridgehead atoms. The zero-order valence-electron chi connectivity index (χ0n) is 18.9. The van der Waals surface area contributed by atoms with E-state index in [1.165, 1.54) is 13.2 Å². The van der Waals surface area contributed by atoms with Gasteiger partial charge < -0.3 is 14.5 Å². The van der Waals surface area contributed by atoms with Gasteiger partial charge in [-0.25, -0.2) is 0 Å². The molecule has 1 aliphatic rings. The maximum Gasteiger partial charge on any atom is 0.416 e. The topological polar surface area (TPSA) is 51.3 Å². The smallest absolute Gasteiger partial charge is 0.416 e. The number of aromatic nitrogens is 1. The molecule has 1 saturated carbocycles. The lowest BCUT2D eigenvalue weighted by Crippen LogP contribution is -2.15. The Morgan fingerprint density at radius 2 is 1.88 bits per heavy atom. The lowest BCUT2D eigenvalue weighted by molar-refractivity contribution is -0.140. The van der Waals surface area contributed by atoms with E-state index in [9.17, 15) is 18.0 Å². The van der Waals surface area contributed by atoms with Crippen LogP contribution < -0.4 is 4.74 Å². The standard InChI is InChI=1S/C26H27ClF3NO3/c1-33-24(32)12-11-23-25(27)20-14-18(8-10-22(20)31-23)34-15-16-7-9-19(17-5-3-2-4-6-17)21(13-16)26(28,29)30/h7-10,13-14,17,31H,2-6,11-12,15H2,1H3. The molecule has 0 aliphatic heterocycles. The highest BCUT2D eigenvalue weighted by Crippen LogP contribution is 2.41. The van der Waals surface area contributed by atoms with Gasteiger partial charge >= 0.3 is 12.1 Å². The zero-order chi connectivity index (χ0) is 24.3. The molecular weight excluding hydrogens is 467 g/mol. The molecule has 1 aliphatic carbocycles. The minimum absolute atomic E-state index is 0.0107. The molecule has 34 heavy (non-hydrogen) atoms. The van der Waals surface area contributed by atoms with Crippen LogP contribution in [0.25, 0.3) is 10.9 Å². The average Bonchev–Trinajstić information content (AvgIpc) is 3.16. The van der Waals surface area contributed by atoms with Crippen molar-refractivity contribution in [2.45, 2.75) is 63.6 Å². The summed E-state index contributed by atoms with van der Waals surface area (Å²) in [7, 11) is 1.33. The van der Waals surface area contributed by atoms with Crippen LogP contribution in [0.5, 0.6) is 5.75 Å². The van der Waals surface area contributed by atoms with E-state index in [0.29, 0.717) is 34.0 Å². The van der Waals surface area contributed by atoms with Crippen molar-refractivity contribution in [2.24, 2.45) is 0 Å². The van der Waals surface area contributed by atoms with Crippen LogP contribution in [0, 0.1) is 0 Å². The first kappa shape index (κ1) is 24.5. The van der Waals surface area contributed by atoms with Gasteiger partial charge in [0.15, 0.2) is 0 Å². The van der Waals surface area contributed by atoms with Crippen LogP contribution in [-0.4, -0.2) is 18.1 Å². The summed E-state index contributed by atoms with van der Waals surface area (Å²) in [5.74, 6) is 0.135. The summed E-state index contributed by atoms with van der Waals surface area (Å²) in [5, 5.41) is 1.21. The summed E-state index contributed by atoms with van der Waals surface area (Å²) in [6.45, 7) is 0.0107. The Morgan fingerprint density at radius 3 is 2.59 bits per heavy atom. The zero-order valence-corrected chi connectivity index (χ0v) is 19.7. The first-order valence-electron chi connectivity index (χ1n) is 11.5. The molecule has 3 aromatic rings. The molecule has 0 spiro atoms. The van der Waals surface area contributed by atoms with Crippen LogP contribution in [0.15, 0.2) is 36.4 Å². The minimum Gasteiger partial charge on any atom is -0.489 e. The van der Waals surface area contributed by atoms with Gasteiger partial charge in [-0.05, 0) is 60.6 Å². The molecule has 0 unspecified atom stereocenters. The molecule has 1 N–H and O–H groups in total. The fourth-order valence-corrected chi connectivity index (χ4v) is 4.96. The van der Waals surface area contributed by atoms with Gasteiger partial charge in [-0.2, -0.15) is 13.2 Å². The van der Waals surface area contributed by atoms with Crippen molar-refractivity contribution in [3.8, 4) is 5.75 Å². The maximum absolute atomic E-state index is 13.8. The minimum atomic E-state index is -4.40. The van der Waals surface area contributed by atoms with Gasteiger partial charge in [0.25, 0.3) is 0 Å². The molecule has 1 heterocycles. The number of nitrogens with one attached hydrogen (secondary N) is 1. The number of ether oxygens (including phenoxy) is 2. The van der Waals surface area contributed by atoms with Crippen molar-refractivity contribution in [1.29, 1.82) is 0 Å². The number of halogens is 4. The van der Waals surface area contributed by atoms with Crippen molar-refractivity contribution in [1.82, 2.24) is 4.98 Å². The van der Waals surface area contributed by atoms with Gasteiger partial charge in [-0.3, -0.25) is 4.79 Å². The molecule has 0 radical (unpaired) electrons. The molecule has 2 aromatic carbocycles. The number of benzene rings is 2. The van der Waals surface area contributed by atoms with E-state index in [1.54, 1.807) is 30.3 Å². The predicted molar refractivity (Wildman–Crippen MR) is 125 cm³/mol. The maximum atomic E-state index is 13.8. The Bertz CT molecular complexity index is 1170. The Balaban J connectivity index is 1.50. The number of alkyl halides is 3. The predicted octanol–water partition coefficient (Wildman–Crippen LogP) is 7.57. The quantitative estimate of drug-likeness (QED) is 0.345. The lowest BCUT2D eigenvalue weighted by atomic mass is 9.81. The summed E-state index contributed by atoms with van der Waals surface area (Å²) in [6, 6.07) is 9.85. The highest BCUT2D eigenvalue weighted by Gasteiger charge is 2.35. The number of methoxy groups -OCH3 is 1. The average molecular weight is 494 g/mol. The second-order valence-corrected chi connectivity index (χ2v) is 9.12. The molecule has 0 saturated heterocycles. The number of esters is 1. The summed E-state index contributed by atoms with van der Waals surface area (Å²) in [6.07, 6.45) is 0.848. The Kier molecular flexibility index (Phi) is 7.41. The fraction of sp³-hybridized carbons (Fsp3) is 0.423. The van der Waals surface area contributed by atoms with Crippen LogP contribution >= 0.6 is 11.6 Å². The number of aromatic amines is 1. The second-order valence-electron chi connectivity index (χ2n) is 8.74. The largest absolute Gasteiger partial charge is 0.489 e. The van der Waals surface area contributed by atoms with E-state index >= 15 is 0 Å². The highest BCUT2D eigenvalue weighted by atomic mass is 35.5. The van der Waals surface area contributed by atoms with E-state index in [-0.39, 0.29) is 24.9 Å². The van der Waals surface area contributed by atoms with Crippen LogP contribution in [0.2, 0.25) is 5.02 Å². The highest BCUT2D eigenvalue weighted by molar-refractivity contribution is 6.36. The van der Waals surface area contributed by atoms with Crippen LogP contribution in [0.3, 0.4) is 0 Å². The molecule has 0 amide bonds. The molecule has 4 rings (SSSR count). The summed E-state index contributed by atoms with van der Waals surface area (Å²) in [4.78, 5) is 14.6. The number of fused-ring (bicyclic) bond motifs is 1. The molecule has 1 fully saturated rings. The van der Waals surface area contributed by atoms with Crippen molar-refractivity contribution in [2.75, 3.05) is 7.11 Å². The van der Waals surface area contributed by atoms with Crippen molar-refractivity contribution >= 4 is 28.5 Å². The first-order chi connectivity index (χ1) is 16.3. The van der Waals surface area contributed by atoms with Crippen LogP contribution in [-0.2, 0) is 28.7 Å². The Labute approximate surface area is 201 Å². The second kappa shape index (κ2) is 10.3. The van der Waals surface area contributed by atoms with Crippen LogP contribution in [0.1, 0.15) is 66.8 Å². The molecular formula is C26H27ClF3NO3. The molecule has 0 atom stereocenters. The van der Waals surface area contributed by atoms with E-state index in [1.807, 2.05) is 0 Å². The third kappa shape index (κ3) is 5.52. The van der Waals surface area contributed by atoms with Gasteiger partial charge in [0.05, 0.1) is 24.1 Å². The SMILES string of the molecule is COC(=O)CCc1[nH]c2ccc(OCc3ccc(C4CCCCC4)c(C(F)(F)F)c3)cc2c1Cl. The number of carbonyl (C=O) groups is 1. The summed E-state index contributed by atoms with van der Waals surface area (Å²) < 4.78 is 51.9. The van der Waals surface area contributed by atoms with Gasteiger partial charge in [-0.1, -0.05) is 43.0 Å². The first-order valence-corrected chi connectivity index (χ1v) is 11.8. The fourth-order valence-electron chi connectivity index (χ4n) is 4.66. The molecule has 1 aromatic heterocycles. The van der Waals surface area contributed by atoms with Crippen molar-refractivity contribution in [3.05, 3.63) is 63.8 Å². The van der Waals surface area contributed by atoms with Gasteiger partial charge in [0.1, 0.15) is 12.4 Å². The molecule has 8 heteroatoms. The number of aryl methyl sites for hydroxylation is 1. The summed E-state index contributed by atoms with van der Waals surface area (Å²) >= 11 is 6.47. The Morgan fingerprint density at radius 1 is 1.12 bits per heavy atom. The number of rotatable bonds is 7. The third-order valence-electron chi connectivity index (χ3n) is 6.46. The van der Waals surface area contributed by atoms with E-state index in [4.69, 9.17) is 16.3 Å². The number of hydrogen-bond donors (Lipinski definition) is 1. The number of H-pyrrole nitrogens is 1. The van der Waals surface area contributed by atoms with Gasteiger partial charge in [-0.15, -0.1) is 0 Å². The number of hydrogen-bond acceptors (Lipinski definition) is 3. The molecule has 182 valence electrons. The van der Waals surface area contributed by atoms with E-state index < -0.39 is 11.7 Å². The van der Waals surface area contributed by atoms with E-state index in [2.05, 4.69) is 9.72 Å². The van der Waals surface area contributed by atoms with Crippen LogP contribution in [0.4, 0.5) is 13.2 Å². The summed E-state index contributed by atoms with van der Waals surface area (Å²) in [5.41, 5.74) is 1.81. The third-order valence-corrected chi connectivity index (χ3v) is 6.89. The van der Waals surface area contributed by atoms with E-state index in [0.717, 1.165) is 43.0 Å². The number of carbonyl (C=O) groups excluding carboxylic acids is 1. The Hall–Kier alpha value is -2.67. The molecule has 4 nitrogen and oxygen atoms in total. The monoisotopic (exact) mass is 493 g/mol. The van der Waals surface area contributed by atoms with Crippen molar-refractivity contribution < 1.29 is 27.4 Å². The van der Waals surface area contributed by atoms with Gasteiger partial charge in [0.2, 0.25) is 0 Å². The normalized spacial score (nSPS) is 15.0. The lowest BCUT2D eigenvalue weighted by Gasteiger charge is -2.25.